The smallest absolute Gasteiger partial charge is 0.0730 e. The van der Waals surface area contributed by atoms with Crippen LogP contribution in [0.25, 0.3) is 0 Å². The molecule has 0 radical (unpaired) electrons. The zero-order valence-corrected chi connectivity index (χ0v) is 13.4. The first-order valence-corrected chi connectivity index (χ1v) is 8.91. The Morgan fingerprint density at radius 2 is 1.35 bits per heavy atom. The molecule has 4 heteroatoms. The van der Waals surface area contributed by atoms with E-state index in [0.717, 1.165) is 51.4 Å². The number of hydrogen-bond donors (Lipinski definition) is 1. The molecule has 4 nitrogen and oxygen atoms in total. The highest BCUT2D eigenvalue weighted by molar-refractivity contribution is 6.01. The van der Waals surface area contributed by atoms with Crippen LogP contribution in [0.3, 0.4) is 0 Å². The number of hydrogen-bond acceptors (Lipinski definition) is 4. The van der Waals surface area contributed by atoms with Crippen molar-refractivity contribution in [2.45, 2.75) is 63.5 Å². The molecule has 0 aliphatic carbocycles. The van der Waals surface area contributed by atoms with Gasteiger partial charge in [0.25, 0.3) is 0 Å². The van der Waals surface area contributed by atoms with Gasteiger partial charge in [-0.25, -0.2) is 0 Å². The number of rotatable bonds is 0. The fourth-order valence-electron chi connectivity index (χ4n) is 4.22. The van der Waals surface area contributed by atoms with Gasteiger partial charge in [0.05, 0.1) is 12.1 Å². The van der Waals surface area contributed by atoms with Crippen LogP contribution in [0.5, 0.6) is 0 Å². The maximum absolute atomic E-state index is 4.97. The molecule has 2 atom stereocenters. The van der Waals surface area contributed by atoms with Crippen LogP contribution in [-0.4, -0.2) is 29.2 Å². The zero-order chi connectivity index (χ0) is 15.2. The Kier molecular flexibility index (Phi) is 3.10. The number of nitrogens with zero attached hydrogens (tertiary/aromatic N) is 3. The molecule has 2 unspecified atom stereocenters. The second-order valence-electron chi connectivity index (χ2n) is 7.16. The topological polar surface area (TPSA) is 49.1 Å². The average Bonchev–Trinajstić information content (AvgIpc) is 3.28. The van der Waals surface area contributed by atoms with Gasteiger partial charge in [-0.05, 0) is 69.6 Å². The molecule has 5 rings (SSSR count). The maximum Gasteiger partial charge on any atom is 0.0730 e. The molecule has 0 spiro atoms. The standard InChI is InChI=1S/C19H22N4/c1-3-14-10-16-5-7-18(22-16)19-8-6-17(23-19)11-15-4-2-13(21-15)9-12(1)20-14/h9-11,18-20H,1-8H2/b12-9?,14-10?,15-11-. The van der Waals surface area contributed by atoms with E-state index in [0.29, 0.717) is 12.1 Å². The van der Waals surface area contributed by atoms with E-state index in [1.165, 1.54) is 34.2 Å². The van der Waals surface area contributed by atoms with Gasteiger partial charge in [0.2, 0.25) is 0 Å². The fraction of sp³-hybridized carbons (Fsp3) is 0.526. The van der Waals surface area contributed by atoms with Crippen LogP contribution in [0.4, 0.5) is 0 Å². The molecule has 0 aromatic heterocycles. The van der Waals surface area contributed by atoms with Gasteiger partial charge in [0.1, 0.15) is 0 Å². The molecule has 118 valence electrons. The van der Waals surface area contributed by atoms with Crippen molar-refractivity contribution in [3.63, 3.8) is 0 Å². The summed E-state index contributed by atoms with van der Waals surface area (Å²) >= 11 is 0. The van der Waals surface area contributed by atoms with Crippen molar-refractivity contribution in [1.29, 1.82) is 0 Å². The third kappa shape index (κ3) is 2.60. The molecule has 0 amide bonds. The van der Waals surface area contributed by atoms with Gasteiger partial charge in [0.15, 0.2) is 0 Å². The molecular formula is C19H22N4. The van der Waals surface area contributed by atoms with Crippen LogP contribution in [0.1, 0.15) is 51.4 Å². The molecule has 0 aromatic carbocycles. The third-order valence-corrected chi connectivity index (χ3v) is 5.42. The van der Waals surface area contributed by atoms with Gasteiger partial charge < -0.3 is 5.32 Å². The molecule has 0 aromatic rings. The van der Waals surface area contributed by atoms with Gasteiger partial charge in [-0.1, -0.05) is 0 Å². The van der Waals surface area contributed by atoms with Crippen molar-refractivity contribution in [3.8, 4) is 0 Å². The Bertz CT molecular complexity index is 732. The normalized spacial score (nSPS) is 34.3. The van der Waals surface area contributed by atoms with Crippen molar-refractivity contribution in [2.75, 3.05) is 0 Å². The number of nitrogens with one attached hydrogen (secondary N) is 1. The lowest BCUT2D eigenvalue weighted by atomic mass is 10.0. The molecule has 0 saturated carbocycles. The minimum atomic E-state index is 0.387. The molecule has 5 aliphatic heterocycles. The molecule has 1 fully saturated rings. The van der Waals surface area contributed by atoms with Crippen molar-refractivity contribution in [2.24, 2.45) is 15.0 Å². The van der Waals surface area contributed by atoms with Crippen LogP contribution >= 0.6 is 0 Å². The highest BCUT2D eigenvalue weighted by atomic mass is 15.0. The van der Waals surface area contributed by atoms with E-state index in [-0.39, 0.29) is 0 Å². The van der Waals surface area contributed by atoms with E-state index in [1.807, 2.05) is 0 Å². The van der Waals surface area contributed by atoms with Crippen molar-refractivity contribution in [1.82, 2.24) is 5.32 Å². The molecule has 23 heavy (non-hydrogen) atoms. The minimum absolute atomic E-state index is 0.387. The van der Waals surface area contributed by atoms with Crippen molar-refractivity contribution < 1.29 is 0 Å². The van der Waals surface area contributed by atoms with Crippen LogP contribution in [0, 0.1) is 0 Å². The number of fused-ring (bicyclic) bond motifs is 6. The van der Waals surface area contributed by atoms with Crippen LogP contribution < -0.4 is 5.32 Å². The van der Waals surface area contributed by atoms with Gasteiger partial charge in [-0.3, -0.25) is 15.0 Å². The first kappa shape index (κ1) is 13.5. The maximum atomic E-state index is 4.97. The average molecular weight is 306 g/mol. The first-order chi connectivity index (χ1) is 11.3. The summed E-state index contributed by atoms with van der Waals surface area (Å²) in [6, 6.07) is 0.778. The highest BCUT2D eigenvalue weighted by Crippen LogP contribution is 2.30. The van der Waals surface area contributed by atoms with Crippen LogP contribution in [-0.2, 0) is 0 Å². The second kappa shape index (κ2) is 5.29. The van der Waals surface area contributed by atoms with E-state index in [4.69, 9.17) is 15.0 Å². The molecule has 1 saturated heterocycles. The quantitative estimate of drug-likeness (QED) is 0.732. The van der Waals surface area contributed by atoms with Crippen molar-refractivity contribution in [3.05, 3.63) is 35.3 Å². The largest absolute Gasteiger partial charge is 0.362 e. The highest BCUT2D eigenvalue weighted by Gasteiger charge is 2.29. The summed E-state index contributed by atoms with van der Waals surface area (Å²) in [5.41, 5.74) is 7.53. The Labute approximate surface area is 136 Å². The Morgan fingerprint density at radius 3 is 2.09 bits per heavy atom. The number of aliphatic imine (C=N–C) groups is 3. The van der Waals surface area contributed by atoms with E-state index in [2.05, 4.69) is 23.5 Å². The third-order valence-electron chi connectivity index (χ3n) is 5.42. The lowest BCUT2D eigenvalue weighted by Gasteiger charge is -2.11. The van der Waals surface area contributed by atoms with Crippen molar-refractivity contribution >= 4 is 17.1 Å². The summed E-state index contributed by atoms with van der Waals surface area (Å²) < 4.78 is 0. The van der Waals surface area contributed by atoms with E-state index < -0.39 is 0 Å². The van der Waals surface area contributed by atoms with E-state index >= 15 is 0 Å². The SMILES string of the molecule is C1=C2CCC(=CC3=NC(CC3)C3CCC(=N3)/C=C3/CCC1=N3)N2. The van der Waals surface area contributed by atoms with Gasteiger partial charge >= 0.3 is 0 Å². The van der Waals surface area contributed by atoms with Crippen LogP contribution in [0.15, 0.2) is 50.3 Å². The molecular weight excluding hydrogens is 284 g/mol. The summed E-state index contributed by atoms with van der Waals surface area (Å²) in [6.07, 6.45) is 15.6. The summed E-state index contributed by atoms with van der Waals surface area (Å²) in [7, 11) is 0. The first-order valence-electron chi connectivity index (χ1n) is 8.91. The minimum Gasteiger partial charge on any atom is -0.362 e. The summed E-state index contributed by atoms with van der Waals surface area (Å²) in [4.78, 5) is 14.7. The van der Waals surface area contributed by atoms with Crippen LogP contribution in [0.2, 0.25) is 0 Å². The predicted molar refractivity (Wildman–Crippen MR) is 94.2 cm³/mol. The summed E-state index contributed by atoms with van der Waals surface area (Å²) in [6.45, 7) is 0. The fourth-order valence-corrected chi connectivity index (χ4v) is 4.22. The van der Waals surface area contributed by atoms with E-state index in [9.17, 15) is 0 Å². The van der Waals surface area contributed by atoms with E-state index in [1.54, 1.807) is 0 Å². The van der Waals surface area contributed by atoms with Gasteiger partial charge in [-0.15, -0.1) is 0 Å². The van der Waals surface area contributed by atoms with Gasteiger partial charge in [0, 0.05) is 34.2 Å². The summed E-state index contributed by atoms with van der Waals surface area (Å²) in [5.74, 6) is 0. The number of allylic oxidation sites excluding steroid dienone is 6. The molecule has 5 aliphatic rings. The second-order valence-corrected chi connectivity index (χ2v) is 7.16. The lowest BCUT2D eigenvalue weighted by molar-refractivity contribution is 0.527. The zero-order valence-electron chi connectivity index (χ0n) is 13.4. The molecule has 8 bridgehead atoms. The monoisotopic (exact) mass is 306 g/mol. The Hall–Kier alpha value is -1.97. The molecule has 5 heterocycles. The predicted octanol–water partition coefficient (Wildman–Crippen LogP) is 3.48. The Balaban J connectivity index is 1.55. The summed E-state index contributed by atoms with van der Waals surface area (Å²) in [5, 5.41) is 3.57. The lowest BCUT2D eigenvalue weighted by Crippen LogP contribution is -2.17. The van der Waals surface area contributed by atoms with Gasteiger partial charge in [-0.2, -0.15) is 0 Å². The Morgan fingerprint density at radius 1 is 0.696 bits per heavy atom. The molecule has 1 N–H and O–H groups in total.